The normalized spacial score (nSPS) is 11.5. The van der Waals surface area contributed by atoms with Crippen LogP contribution in [0.25, 0.3) is 0 Å². The van der Waals surface area contributed by atoms with Gasteiger partial charge >= 0.3 is 0 Å². The molecule has 0 spiro atoms. The molecule has 1 aromatic carbocycles. The molecule has 91 valence electrons. The fourth-order valence-corrected chi connectivity index (χ4v) is 1.40. The molecule has 0 aliphatic rings. The van der Waals surface area contributed by atoms with E-state index in [0.717, 1.165) is 6.42 Å². The Hall–Kier alpha value is -0.446. The number of hydrogen-bond donors (Lipinski definition) is 3. The Labute approximate surface area is 126 Å². The van der Waals surface area contributed by atoms with Crippen LogP contribution < -0.4 is 5.32 Å². The quantitative estimate of drug-likeness (QED) is 0.588. The molecule has 0 heterocycles. The van der Waals surface area contributed by atoms with E-state index in [1.165, 1.54) is 13.0 Å². The average Bonchev–Trinajstić information content (AvgIpc) is 2.21. The van der Waals surface area contributed by atoms with Crippen LogP contribution in [0.1, 0.15) is 38.4 Å². The monoisotopic (exact) mass is 311 g/mol. The summed E-state index contributed by atoms with van der Waals surface area (Å²) in [6, 6.07) is 5.84. The summed E-state index contributed by atoms with van der Waals surface area (Å²) < 4.78 is 0. The van der Waals surface area contributed by atoms with Crippen LogP contribution >= 0.6 is 0 Å². The number of rotatable bonds is 4. The molecular formula is C12H16NO3Y-. The summed E-state index contributed by atoms with van der Waals surface area (Å²) in [5, 5.41) is 21.7. The number of aliphatic hydroxyl groups excluding tert-OH is 1. The molecule has 5 heteroatoms. The molecule has 1 aromatic rings. The second-order valence-corrected chi connectivity index (χ2v) is 3.66. The first-order valence-corrected chi connectivity index (χ1v) is 5.25. The van der Waals surface area contributed by atoms with Crippen LogP contribution in [-0.2, 0) is 37.5 Å². The zero-order chi connectivity index (χ0) is 12.1. The maximum absolute atomic E-state index is 10.9. The van der Waals surface area contributed by atoms with Crippen molar-refractivity contribution in [2.75, 3.05) is 5.32 Å². The summed E-state index contributed by atoms with van der Waals surface area (Å²) in [5.74, 6) is -0.337. The molecule has 1 rings (SSSR count). The van der Waals surface area contributed by atoms with E-state index in [2.05, 4.69) is 11.4 Å². The third kappa shape index (κ3) is 5.15. The van der Waals surface area contributed by atoms with Crippen LogP contribution in [0.15, 0.2) is 12.1 Å². The smallest absolute Gasteiger partial charge is 0.219 e. The Morgan fingerprint density at radius 3 is 2.71 bits per heavy atom. The van der Waals surface area contributed by atoms with Crippen LogP contribution in [0.4, 0.5) is 5.69 Å². The van der Waals surface area contributed by atoms with E-state index < -0.39 is 6.10 Å². The predicted octanol–water partition coefficient (Wildman–Crippen LogP) is 1.98. The second kappa shape index (κ2) is 7.80. The number of nitrogens with one attached hydrogen (secondary N) is 1. The van der Waals surface area contributed by atoms with Gasteiger partial charge in [0.1, 0.15) is 0 Å². The van der Waals surface area contributed by atoms with E-state index in [0.29, 0.717) is 12.0 Å². The minimum absolute atomic E-state index is 0. The predicted molar refractivity (Wildman–Crippen MR) is 61.1 cm³/mol. The maximum atomic E-state index is 10.9. The van der Waals surface area contributed by atoms with E-state index in [9.17, 15) is 15.0 Å². The number of hydrogen-bond acceptors (Lipinski definition) is 3. The molecule has 0 saturated heterocycles. The molecule has 1 amide bonds. The molecule has 0 aromatic heterocycles. The molecule has 17 heavy (non-hydrogen) atoms. The number of phenols is 1. The van der Waals surface area contributed by atoms with Crippen molar-refractivity contribution in [3.8, 4) is 5.75 Å². The number of carbonyl (C=O) groups is 1. The zero-order valence-corrected chi connectivity index (χ0v) is 12.9. The summed E-state index contributed by atoms with van der Waals surface area (Å²) in [4.78, 5) is 10.9. The van der Waals surface area contributed by atoms with Gasteiger partial charge in [0.15, 0.2) is 0 Å². The standard InChI is InChI=1S/C12H16NO3.Y/c1-3-4-11(15)9-5-6-12(16)10(7-9)13-8(2)14;/h5-6,11,15-16H,3-4H2,1-2H3,(H,13,14);/q-1;. The zero-order valence-electron chi connectivity index (χ0n) is 10.0. The van der Waals surface area contributed by atoms with Crippen LogP contribution in [0.5, 0.6) is 5.75 Å². The first-order chi connectivity index (χ1) is 7.54. The van der Waals surface area contributed by atoms with E-state index in [1.54, 1.807) is 6.07 Å². The SMILES string of the molecule is CCCC(O)c1[c-]c(NC(C)=O)c(O)cc1.[Y]. The number of phenolic OH excluding ortho intramolecular Hbond substituents is 1. The third-order valence-corrected chi connectivity index (χ3v) is 2.17. The molecule has 1 atom stereocenters. The number of carbonyl (C=O) groups excluding carboxylic acids is 1. The van der Waals surface area contributed by atoms with Gasteiger partial charge < -0.3 is 15.5 Å². The summed E-state index contributed by atoms with van der Waals surface area (Å²) >= 11 is 0. The van der Waals surface area contributed by atoms with Crippen molar-refractivity contribution in [2.45, 2.75) is 32.8 Å². The van der Waals surface area contributed by atoms with Crippen molar-refractivity contribution in [1.82, 2.24) is 0 Å². The van der Waals surface area contributed by atoms with Gasteiger partial charge in [-0.05, 0) is 12.1 Å². The van der Waals surface area contributed by atoms with E-state index in [-0.39, 0.29) is 50.1 Å². The molecule has 0 bridgehead atoms. The molecule has 4 nitrogen and oxygen atoms in total. The number of aromatic hydroxyl groups is 1. The minimum Gasteiger partial charge on any atom is -0.564 e. The van der Waals surface area contributed by atoms with Gasteiger partial charge in [0.05, 0.1) is 6.10 Å². The molecule has 1 unspecified atom stereocenters. The van der Waals surface area contributed by atoms with E-state index >= 15 is 0 Å². The number of aliphatic hydroxyl groups is 1. The van der Waals surface area contributed by atoms with Gasteiger partial charge in [0.2, 0.25) is 5.91 Å². The minimum atomic E-state index is -0.613. The van der Waals surface area contributed by atoms with Crippen molar-refractivity contribution >= 4 is 11.6 Å². The summed E-state index contributed by atoms with van der Waals surface area (Å²) in [6.45, 7) is 3.32. The van der Waals surface area contributed by atoms with Crippen molar-refractivity contribution in [2.24, 2.45) is 0 Å². The van der Waals surface area contributed by atoms with Crippen LogP contribution in [0.2, 0.25) is 0 Å². The van der Waals surface area contributed by atoms with Gasteiger partial charge in [-0.1, -0.05) is 13.3 Å². The molecule has 0 aliphatic carbocycles. The van der Waals surface area contributed by atoms with Gasteiger partial charge in [-0.2, -0.15) is 6.07 Å². The molecule has 0 saturated carbocycles. The van der Waals surface area contributed by atoms with Crippen LogP contribution in [0.3, 0.4) is 0 Å². The molecule has 3 N–H and O–H groups in total. The summed E-state index contributed by atoms with van der Waals surface area (Å²) in [6.07, 6.45) is 0.865. The molecule has 0 fully saturated rings. The number of amides is 1. The number of benzene rings is 1. The largest absolute Gasteiger partial charge is 0.564 e. The Morgan fingerprint density at radius 1 is 1.53 bits per heavy atom. The summed E-state index contributed by atoms with van der Waals surface area (Å²) in [5.41, 5.74) is 0.781. The average molecular weight is 311 g/mol. The molecular weight excluding hydrogens is 295 g/mol. The van der Waals surface area contributed by atoms with Gasteiger partial charge in [-0.15, -0.1) is 17.7 Å². The van der Waals surface area contributed by atoms with Crippen LogP contribution in [-0.4, -0.2) is 16.1 Å². The maximum Gasteiger partial charge on any atom is 0.219 e. The van der Waals surface area contributed by atoms with Crippen molar-refractivity contribution in [3.63, 3.8) is 0 Å². The Morgan fingerprint density at radius 2 is 2.18 bits per heavy atom. The van der Waals surface area contributed by atoms with Gasteiger partial charge in [-0.25, -0.2) is 0 Å². The topological polar surface area (TPSA) is 69.6 Å². The fraction of sp³-hybridized carbons (Fsp3) is 0.417. The van der Waals surface area contributed by atoms with Crippen molar-refractivity contribution in [3.05, 3.63) is 23.8 Å². The second-order valence-electron chi connectivity index (χ2n) is 3.66. The third-order valence-electron chi connectivity index (χ3n) is 2.17. The Balaban J connectivity index is 0.00000256. The Kier molecular flexibility index (Phi) is 7.59. The van der Waals surface area contributed by atoms with E-state index in [1.807, 2.05) is 6.92 Å². The first kappa shape index (κ1) is 16.6. The van der Waals surface area contributed by atoms with Gasteiger partial charge in [0, 0.05) is 45.4 Å². The Bertz CT molecular complexity index is 382. The van der Waals surface area contributed by atoms with Gasteiger partial charge in [0.25, 0.3) is 0 Å². The number of anilines is 1. The van der Waals surface area contributed by atoms with Gasteiger partial charge in [-0.3, -0.25) is 4.79 Å². The molecule has 1 radical (unpaired) electrons. The summed E-state index contributed by atoms with van der Waals surface area (Å²) in [7, 11) is 0. The van der Waals surface area contributed by atoms with Crippen molar-refractivity contribution in [1.29, 1.82) is 0 Å². The van der Waals surface area contributed by atoms with Crippen molar-refractivity contribution < 1.29 is 47.7 Å². The fourth-order valence-electron chi connectivity index (χ4n) is 1.40. The molecule has 0 aliphatic heterocycles. The van der Waals surface area contributed by atoms with Crippen LogP contribution in [0, 0.1) is 6.07 Å². The van der Waals surface area contributed by atoms with E-state index in [4.69, 9.17) is 0 Å². The first-order valence-electron chi connectivity index (χ1n) is 5.25.